The van der Waals surface area contributed by atoms with Crippen LogP contribution in [0.25, 0.3) is 5.69 Å². The van der Waals surface area contributed by atoms with Gasteiger partial charge in [0.15, 0.2) is 0 Å². The molecule has 0 aliphatic carbocycles. The van der Waals surface area contributed by atoms with Crippen LogP contribution in [0.5, 0.6) is 0 Å². The highest BCUT2D eigenvalue weighted by Crippen LogP contribution is 2.36. The number of hydrogen-bond donors (Lipinski definition) is 1. The van der Waals surface area contributed by atoms with Gasteiger partial charge in [0, 0.05) is 17.9 Å². The van der Waals surface area contributed by atoms with Gasteiger partial charge in [-0.15, -0.1) is 0 Å². The normalized spacial score (nSPS) is 15.9. The molecule has 1 aromatic heterocycles. The van der Waals surface area contributed by atoms with Crippen molar-refractivity contribution in [2.45, 2.75) is 39.4 Å². The van der Waals surface area contributed by atoms with Gasteiger partial charge in [-0.25, -0.2) is 4.79 Å². The van der Waals surface area contributed by atoms with E-state index < -0.39 is 0 Å². The molecule has 1 atom stereocenters. The molecule has 0 bridgehead atoms. The lowest BCUT2D eigenvalue weighted by molar-refractivity contribution is 0.178. The summed E-state index contributed by atoms with van der Waals surface area (Å²) in [5, 5.41) is 3.09. The third kappa shape index (κ3) is 3.23. The second-order valence-corrected chi connectivity index (χ2v) is 7.48. The van der Waals surface area contributed by atoms with Crippen LogP contribution in [0.1, 0.15) is 42.3 Å². The number of amides is 2. The number of para-hydroxylation sites is 1. The number of nitrogens with zero attached hydrogens (tertiary/aromatic N) is 2. The predicted molar refractivity (Wildman–Crippen MR) is 108 cm³/mol. The minimum Gasteiger partial charge on any atom is -0.336 e. The maximum Gasteiger partial charge on any atom is 0.318 e. The molecule has 1 aliphatic heterocycles. The SMILES string of the molecule is Cc1cccc([C@@H]2c3cccn3-c3ccccc3CN2C(=O)NC(C)C)c1. The summed E-state index contributed by atoms with van der Waals surface area (Å²) < 4.78 is 2.21. The minimum atomic E-state index is -0.147. The number of carbonyl (C=O) groups excluding carboxylic acids is 1. The Hall–Kier alpha value is -3.01. The van der Waals surface area contributed by atoms with Crippen LogP contribution in [-0.4, -0.2) is 21.5 Å². The van der Waals surface area contributed by atoms with Crippen LogP contribution in [0.2, 0.25) is 0 Å². The number of nitrogens with one attached hydrogen (secondary N) is 1. The summed E-state index contributed by atoms with van der Waals surface area (Å²) >= 11 is 0. The molecule has 2 heterocycles. The third-order valence-electron chi connectivity index (χ3n) is 4.99. The molecule has 3 aromatic rings. The van der Waals surface area contributed by atoms with Crippen molar-refractivity contribution in [3.8, 4) is 5.69 Å². The molecule has 1 N–H and O–H groups in total. The molecule has 0 radical (unpaired) electrons. The molecule has 1 aliphatic rings. The van der Waals surface area contributed by atoms with Gasteiger partial charge in [-0.2, -0.15) is 0 Å². The van der Waals surface area contributed by atoms with Crippen molar-refractivity contribution in [2.75, 3.05) is 0 Å². The minimum absolute atomic E-state index is 0.0408. The largest absolute Gasteiger partial charge is 0.336 e. The van der Waals surface area contributed by atoms with Crippen LogP contribution < -0.4 is 5.32 Å². The maximum atomic E-state index is 13.2. The standard InChI is InChI=1S/C23H25N3O/c1-16(2)24-23(27)26-15-19-9-4-5-11-20(19)25-13-7-12-21(25)22(26)18-10-6-8-17(3)14-18/h4-14,16,22H,15H2,1-3H3,(H,24,27)/t22-/m1/s1. The number of carbonyl (C=O) groups is 1. The number of aryl methyl sites for hydroxylation is 1. The predicted octanol–water partition coefficient (Wildman–Crippen LogP) is 4.81. The molecule has 2 aromatic carbocycles. The van der Waals surface area contributed by atoms with E-state index in [9.17, 15) is 4.79 Å². The van der Waals surface area contributed by atoms with Gasteiger partial charge in [0.05, 0.1) is 18.3 Å². The molecule has 0 unspecified atom stereocenters. The molecule has 4 nitrogen and oxygen atoms in total. The maximum absolute atomic E-state index is 13.2. The summed E-state index contributed by atoms with van der Waals surface area (Å²) in [5.74, 6) is 0. The molecule has 0 fully saturated rings. The number of fused-ring (bicyclic) bond motifs is 3. The zero-order valence-corrected chi connectivity index (χ0v) is 16.0. The molecule has 4 rings (SSSR count). The second kappa shape index (κ2) is 6.95. The summed E-state index contributed by atoms with van der Waals surface area (Å²) in [5.41, 5.74) is 5.70. The average molecular weight is 359 g/mol. The van der Waals surface area contributed by atoms with Crippen molar-refractivity contribution in [2.24, 2.45) is 0 Å². The van der Waals surface area contributed by atoms with Crippen LogP contribution in [0, 0.1) is 6.92 Å². The van der Waals surface area contributed by atoms with Gasteiger partial charge in [0.25, 0.3) is 0 Å². The first-order chi connectivity index (χ1) is 13.0. The van der Waals surface area contributed by atoms with Gasteiger partial charge in [0.1, 0.15) is 0 Å². The Balaban J connectivity index is 1.91. The fourth-order valence-corrected chi connectivity index (χ4v) is 3.86. The molecule has 27 heavy (non-hydrogen) atoms. The van der Waals surface area contributed by atoms with Crippen molar-refractivity contribution in [1.82, 2.24) is 14.8 Å². The van der Waals surface area contributed by atoms with Crippen LogP contribution >= 0.6 is 0 Å². The Labute approximate surface area is 160 Å². The Morgan fingerprint density at radius 1 is 1.07 bits per heavy atom. The van der Waals surface area contributed by atoms with E-state index in [1.54, 1.807) is 0 Å². The molecule has 0 saturated heterocycles. The zero-order chi connectivity index (χ0) is 19.0. The number of benzene rings is 2. The lowest BCUT2D eigenvalue weighted by atomic mass is 10.00. The van der Waals surface area contributed by atoms with E-state index in [1.807, 2.05) is 30.9 Å². The lowest BCUT2D eigenvalue weighted by Gasteiger charge is -2.31. The number of hydrogen-bond acceptors (Lipinski definition) is 1. The number of urea groups is 1. The van der Waals surface area contributed by atoms with Crippen molar-refractivity contribution in [3.63, 3.8) is 0 Å². The van der Waals surface area contributed by atoms with E-state index in [0.717, 1.165) is 22.5 Å². The van der Waals surface area contributed by atoms with E-state index >= 15 is 0 Å². The van der Waals surface area contributed by atoms with Gasteiger partial charge in [0.2, 0.25) is 0 Å². The monoisotopic (exact) mass is 359 g/mol. The smallest absolute Gasteiger partial charge is 0.318 e. The highest BCUT2D eigenvalue weighted by atomic mass is 16.2. The summed E-state index contributed by atoms with van der Waals surface area (Å²) in [4.78, 5) is 15.1. The van der Waals surface area contributed by atoms with Crippen molar-refractivity contribution in [1.29, 1.82) is 0 Å². The Bertz CT molecular complexity index is 973. The quantitative estimate of drug-likeness (QED) is 0.700. The first-order valence-corrected chi connectivity index (χ1v) is 9.44. The van der Waals surface area contributed by atoms with Gasteiger partial charge < -0.3 is 14.8 Å². The van der Waals surface area contributed by atoms with E-state index in [0.29, 0.717) is 6.54 Å². The topological polar surface area (TPSA) is 37.3 Å². The first kappa shape index (κ1) is 17.4. The van der Waals surface area contributed by atoms with E-state index in [2.05, 4.69) is 71.5 Å². The Morgan fingerprint density at radius 3 is 2.67 bits per heavy atom. The van der Waals surface area contributed by atoms with Crippen LogP contribution in [0.15, 0.2) is 66.9 Å². The summed E-state index contributed by atoms with van der Waals surface area (Å²) in [7, 11) is 0. The fourth-order valence-electron chi connectivity index (χ4n) is 3.86. The van der Waals surface area contributed by atoms with Crippen LogP contribution in [0.4, 0.5) is 4.79 Å². The van der Waals surface area contributed by atoms with Crippen molar-refractivity contribution < 1.29 is 4.79 Å². The molecule has 0 saturated carbocycles. The third-order valence-corrected chi connectivity index (χ3v) is 4.99. The molecular weight excluding hydrogens is 334 g/mol. The van der Waals surface area contributed by atoms with Crippen LogP contribution in [0.3, 0.4) is 0 Å². The highest BCUT2D eigenvalue weighted by molar-refractivity contribution is 5.76. The van der Waals surface area contributed by atoms with Crippen LogP contribution in [-0.2, 0) is 6.54 Å². The number of aromatic nitrogens is 1. The van der Waals surface area contributed by atoms with Crippen molar-refractivity contribution in [3.05, 3.63) is 89.2 Å². The van der Waals surface area contributed by atoms with Gasteiger partial charge in [-0.3, -0.25) is 0 Å². The second-order valence-electron chi connectivity index (χ2n) is 7.48. The lowest BCUT2D eigenvalue weighted by Crippen LogP contribution is -2.44. The Kier molecular flexibility index (Phi) is 4.48. The van der Waals surface area contributed by atoms with Gasteiger partial charge in [-0.1, -0.05) is 48.0 Å². The summed E-state index contributed by atoms with van der Waals surface area (Å²) in [6.07, 6.45) is 2.08. The molecule has 2 amide bonds. The van der Waals surface area contributed by atoms with E-state index in [-0.39, 0.29) is 18.1 Å². The molecule has 138 valence electrons. The van der Waals surface area contributed by atoms with Gasteiger partial charge in [-0.05, 0) is 50.1 Å². The molecular formula is C23H25N3O. The van der Waals surface area contributed by atoms with E-state index in [4.69, 9.17) is 0 Å². The first-order valence-electron chi connectivity index (χ1n) is 9.44. The Morgan fingerprint density at radius 2 is 1.89 bits per heavy atom. The van der Waals surface area contributed by atoms with E-state index in [1.165, 1.54) is 5.56 Å². The summed E-state index contributed by atoms with van der Waals surface area (Å²) in [6, 6.07) is 20.8. The fraction of sp³-hybridized carbons (Fsp3) is 0.261. The molecule has 0 spiro atoms. The highest BCUT2D eigenvalue weighted by Gasteiger charge is 2.33. The number of rotatable bonds is 2. The molecule has 4 heteroatoms. The van der Waals surface area contributed by atoms with Gasteiger partial charge >= 0.3 is 6.03 Å². The zero-order valence-electron chi connectivity index (χ0n) is 16.0. The van der Waals surface area contributed by atoms with Crippen molar-refractivity contribution >= 4 is 6.03 Å². The summed E-state index contributed by atoms with van der Waals surface area (Å²) in [6.45, 7) is 6.64. The average Bonchev–Trinajstić information content (AvgIpc) is 3.05.